The molecule has 1 aromatic carbocycles. The summed E-state index contributed by atoms with van der Waals surface area (Å²) in [5.74, 6) is 0. The van der Waals surface area contributed by atoms with E-state index in [1.165, 1.54) is 0 Å². The average molecular weight is 269 g/mol. The van der Waals surface area contributed by atoms with E-state index in [0.717, 1.165) is 18.4 Å². The largest absolute Gasteiger partial charge is 0.396 e. The molecular formula is C13H19NO3S. The van der Waals surface area contributed by atoms with Gasteiger partial charge >= 0.3 is 0 Å². The van der Waals surface area contributed by atoms with Crippen molar-refractivity contribution in [2.75, 3.05) is 13.2 Å². The van der Waals surface area contributed by atoms with Crippen LogP contribution in [0.2, 0.25) is 0 Å². The predicted octanol–water partition coefficient (Wildman–Crippen LogP) is 1.44. The topological polar surface area (TPSA) is 66.4 Å². The highest BCUT2D eigenvalue weighted by Gasteiger charge is 2.42. The van der Waals surface area contributed by atoms with Crippen LogP contribution in [0.25, 0.3) is 0 Å². The molecule has 100 valence electrons. The van der Waals surface area contributed by atoms with Gasteiger partial charge in [0.05, 0.1) is 4.90 Å². The van der Waals surface area contributed by atoms with E-state index >= 15 is 0 Å². The van der Waals surface area contributed by atoms with Gasteiger partial charge in [0.1, 0.15) is 0 Å². The molecule has 1 aliphatic rings. The van der Waals surface area contributed by atoms with Gasteiger partial charge in [-0.15, -0.1) is 0 Å². The van der Waals surface area contributed by atoms with E-state index in [4.69, 9.17) is 5.11 Å². The summed E-state index contributed by atoms with van der Waals surface area (Å²) >= 11 is 0. The van der Waals surface area contributed by atoms with E-state index in [1.54, 1.807) is 18.2 Å². The zero-order chi connectivity index (χ0) is 13.2. The number of nitrogens with one attached hydrogen (secondary N) is 1. The van der Waals surface area contributed by atoms with Crippen LogP contribution in [0, 0.1) is 12.3 Å². The summed E-state index contributed by atoms with van der Waals surface area (Å²) in [6.45, 7) is 2.41. The average Bonchev–Trinajstić information content (AvgIpc) is 3.08. The Morgan fingerprint density at radius 1 is 1.39 bits per heavy atom. The Bertz CT molecular complexity index is 521. The number of rotatable bonds is 6. The Morgan fingerprint density at radius 2 is 2.11 bits per heavy atom. The van der Waals surface area contributed by atoms with Crippen molar-refractivity contribution in [2.45, 2.75) is 31.1 Å². The second-order valence-electron chi connectivity index (χ2n) is 5.11. The van der Waals surface area contributed by atoms with Gasteiger partial charge in [-0.25, -0.2) is 13.1 Å². The summed E-state index contributed by atoms with van der Waals surface area (Å²) in [6, 6.07) is 6.87. The fourth-order valence-electron chi connectivity index (χ4n) is 2.04. The molecule has 2 N–H and O–H groups in total. The van der Waals surface area contributed by atoms with Gasteiger partial charge < -0.3 is 5.11 Å². The minimum absolute atomic E-state index is 0.00829. The zero-order valence-corrected chi connectivity index (χ0v) is 11.3. The van der Waals surface area contributed by atoms with Crippen molar-refractivity contribution in [3.63, 3.8) is 0 Å². The molecule has 0 spiro atoms. The van der Waals surface area contributed by atoms with Crippen LogP contribution in [0.3, 0.4) is 0 Å². The molecule has 0 aromatic heterocycles. The lowest BCUT2D eigenvalue weighted by molar-refractivity contribution is 0.249. The monoisotopic (exact) mass is 269 g/mol. The molecule has 0 amide bonds. The molecule has 0 radical (unpaired) electrons. The second kappa shape index (κ2) is 4.99. The Labute approximate surface area is 108 Å². The Kier molecular flexibility index (Phi) is 3.75. The summed E-state index contributed by atoms with van der Waals surface area (Å²) < 4.78 is 26.8. The van der Waals surface area contributed by atoms with Crippen molar-refractivity contribution in [3.8, 4) is 0 Å². The number of sulfonamides is 1. The molecule has 1 saturated carbocycles. The molecule has 0 bridgehead atoms. The summed E-state index contributed by atoms with van der Waals surface area (Å²) in [5, 5.41) is 8.95. The Morgan fingerprint density at radius 3 is 2.67 bits per heavy atom. The molecule has 1 aromatic rings. The van der Waals surface area contributed by atoms with Crippen molar-refractivity contribution in [1.29, 1.82) is 0 Å². The first-order valence-electron chi connectivity index (χ1n) is 6.15. The van der Waals surface area contributed by atoms with E-state index in [-0.39, 0.29) is 12.0 Å². The van der Waals surface area contributed by atoms with Gasteiger partial charge in [-0.05, 0) is 49.3 Å². The van der Waals surface area contributed by atoms with Gasteiger partial charge in [0.25, 0.3) is 0 Å². The first-order chi connectivity index (χ1) is 8.47. The first kappa shape index (κ1) is 13.5. The number of benzene rings is 1. The number of hydrogen-bond donors (Lipinski definition) is 2. The van der Waals surface area contributed by atoms with Crippen LogP contribution in [-0.2, 0) is 10.0 Å². The van der Waals surface area contributed by atoms with Crippen LogP contribution in [-0.4, -0.2) is 26.7 Å². The Hall–Kier alpha value is -0.910. The summed E-state index contributed by atoms with van der Waals surface area (Å²) in [6.07, 6.45) is 2.65. The minimum atomic E-state index is -3.43. The molecule has 1 fully saturated rings. The van der Waals surface area contributed by atoms with Crippen LogP contribution in [0.1, 0.15) is 24.8 Å². The fraction of sp³-hybridized carbons (Fsp3) is 0.538. The van der Waals surface area contributed by atoms with E-state index in [9.17, 15) is 8.42 Å². The number of aliphatic hydroxyl groups excluding tert-OH is 1. The quantitative estimate of drug-likeness (QED) is 0.821. The van der Waals surface area contributed by atoms with E-state index in [2.05, 4.69) is 4.72 Å². The van der Waals surface area contributed by atoms with Gasteiger partial charge in [-0.3, -0.25) is 0 Å². The van der Waals surface area contributed by atoms with Gasteiger partial charge in [-0.1, -0.05) is 12.1 Å². The molecule has 0 heterocycles. The van der Waals surface area contributed by atoms with E-state index in [0.29, 0.717) is 17.9 Å². The highest BCUT2D eigenvalue weighted by molar-refractivity contribution is 7.89. The van der Waals surface area contributed by atoms with Crippen LogP contribution in [0.15, 0.2) is 29.2 Å². The number of hydrogen-bond acceptors (Lipinski definition) is 3. The van der Waals surface area contributed by atoms with E-state index in [1.807, 2.05) is 13.0 Å². The van der Waals surface area contributed by atoms with Crippen molar-refractivity contribution in [2.24, 2.45) is 5.41 Å². The first-order valence-corrected chi connectivity index (χ1v) is 7.63. The maximum atomic E-state index is 12.1. The van der Waals surface area contributed by atoms with Crippen molar-refractivity contribution < 1.29 is 13.5 Å². The molecule has 5 heteroatoms. The number of aliphatic hydroxyl groups is 1. The molecule has 4 nitrogen and oxygen atoms in total. The molecule has 0 aliphatic heterocycles. The van der Waals surface area contributed by atoms with E-state index < -0.39 is 10.0 Å². The molecule has 0 atom stereocenters. The molecular weight excluding hydrogens is 250 g/mol. The van der Waals surface area contributed by atoms with Gasteiger partial charge in [0, 0.05) is 13.2 Å². The van der Waals surface area contributed by atoms with Crippen LogP contribution < -0.4 is 4.72 Å². The lowest BCUT2D eigenvalue weighted by Crippen LogP contribution is -2.30. The standard InChI is InChI=1S/C13H19NO3S/c1-11-3-2-4-12(9-11)18(16,17)14-10-13(5-6-13)7-8-15/h2-4,9,14-15H,5-8,10H2,1H3. The van der Waals surface area contributed by atoms with Crippen LogP contribution >= 0.6 is 0 Å². The van der Waals surface area contributed by atoms with Gasteiger partial charge in [-0.2, -0.15) is 0 Å². The minimum Gasteiger partial charge on any atom is -0.396 e. The molecule has 0 saturated heterocycles. The van der Waals surface area contributed by atoms with Crippen LogP contribution in [0.4, 0.5) is 0 Å². The summed E-state index contributed by atoms with van der Waals surface area (Å²) in [7, 11) is -3.43. The van der Waals surface area contributed by atoms with Crippen molar-refractivity contribution in [3.05, 3.63) is 29.8 Å². The number of aryl methyl sites for hydroxylation is 1. The lowest BCUT2D eigenvalue weighted by atomic mass is 10.0. The van der Waals surface area contributed by atoms with Crippen LogP contribution in [0.5, 0.6) is 0 Å². The summed E-state index contributed by atoms with van der Waals surface area (Å²) in [5.41, 5.74) is 0.917. The smallest absolute Gasteiger partial charge is 0.240 e. The Balaban J connectivity index is 2.04. The maximum absolute atomic E-state index is 12.1. The maximum Gasteiger partial charge on any atom is 0.240 e. The zero-order valence-electron chi connectivity index (χ0n) is 10.5. The second-order valence-corrected chi connectivity index (χ2v) is 6.88. The molecule has 1 aliphatic carbocycles. The fourth-order valence-corrected chi connectivity index (χ4v) is 3.30. The highest BCUT2D eigenvalue weighted by Crippen LogP contribution is 2.48. The van der Waals surface area contributed by atoms with Crippen molar-refractivity contribution >= 4 is 10.0 Å². The third-order valence-electron chi connectivity index (χ3n) is 3.54. The normalized spacial score (nSPS) is 17.7. The van der Waals surface area contributed by atoms with Gasteiger partial charge in [0.15, 0.2) is 0 Å². The molecule has 18 heavy (non-hydrogen) atoms. The SMILES string of the molecule is Cc1cccc(S(=O)(=O)NCC2(CCO)CC2)c1. The summed E-state index contributed by atoms with van der Waals surface area (Å²) in [4.78, 5) is 0.308. The predicted molar refractivity (Wildman–Crippen MR) is 69.7 cm³/mol. The lowest BCUT2D eigenvalue weighted by Gasteiger charge is -2.14. The molecule has 0 unspecified atom stereocenters. The third-order valence-corrected chi connectivity index (χ3v) is 4.94. The highest BCUT2D eigenvalue weighted by atomic mass is 32.2. The third kappa shape index (κ3) is 3.10. The van der Waals surface area contributed by atoms with Gasteiger partial charge in [0.2, 0.25) is 10.0 Å². The molecule has 2 rings (SSSR count). The van der Waals surface area contributed by atoms with Crippen molar-refractivity contribution in [1.82, 2.24) is 4.72 Å².